The molecule has 0 atom stereocenters. The van der Waals surface area contributed by atoms with E-state index in [0.29, 0.717) is 0 Å². The fourth-order valence-corrected chi connectivity index (χ4v) is 38.6. The molecule has 11 rings (SSSR count). The predicted octanol–water partition coefficient (Wildman–Crippen LogP) is 44.4. The van der Waals surface area contributed by atoms with Crippen LogP contribution < -0.4 is 2.89 Å². The second-order valence-electron chi connectivity index (χ2n) is 34.9. The van der Waals surface area contributed by atoms with Crippen molar-refractivity contribution in [3.63, 3.8) is 0 Å². The van der Waals surface area contributed by atoms with Crippen LogP contribution in [0.1, 0.15) is 462 Å². The Labute approximate surface area is 800 Å². The van der Waals surface area contributed by atoms with Gasteiger partial charge < -0.3 is 0 Å². The topological polar surface area (TPSA) is 0 Å². The Hall–Kier alpha value is 0.0187. The van der Waals surface area contributed by atoms with Gasteiger partial charge in [-0.15, -0.1) is 113 Å². The van der Waals surface area contributed by atoms with E-state index in [4.69, 9.17) is 0 Å². The van der Waals surface area contributed by atoms with E-state index >= 15 is 0 Å². The SMILES string of the molecule is C.CCCCCCCCCCCCCCCCCc1c(-c2cccs2)sc2c1sc1c3sc(-c4cccs4)c(CCCCCCCCCCCCCCCCC)c3sc21.CCCCCCCCCCCCCCCCCc1c(Br)sc2c1sc1c3sc(Br)c(CCCCCCCCCCCCCCCCC)c3sc21.CCC[CH2][Sn][c]1cccs1. The molecule has 0 saturated heterocycles. The van der Waals surface area contributed by atoms with Gasteiger partial charge in [-0.25, -0.2) is 0 Å². The molecular weight excluding hydrogens is 1890 g/mol. The molecule has 0 aliphatic heterocycles. The molecular formula is C105H162Br2S11Sn. The van der Waals surface area contributed by atoms with E-state index in [1.165, 1.54) is 446 Å². The zero-order valence-electron chi connectivity index (χ0n) is 74.8. The van der Waals surface area contributed by atoms with Crippen molar-refractivity contribution in [2.24, 2.45) is 0 Å². The molecule has 119 heavy (non-hydrogen) atoms. The van der Waals surface area contributed by atoms with Crippen LogP contribution in [0.2, 0.25) is 4.44 Å². The second kappa shape index (κ2) is 65.5. The van der Waals surface area contributed by atoms with Crippen LogP contribution in [-0.2, 0) is 25.7 Å². The summed E-state index contributed by atoms with van der Waals surface area (Å²) in [5, 5.41) is 6.74. The molecule has 0 amide bonds. The van der Waals surface area contributed by atoms with Crippen LogP contribution in [0.3, 0.4) is 0 Å². The summed E-state index contributed by atoms with van der Waals surface area (Å²) in [6.07, 6.45) is 93.5. The fraction of sp³-hybridized carbons (Fsp3) is 0.695. The first kappa shape index (κ1) is 104. The Bertz CT molecular complexity index is 3980. The molecule has 11 aromatic rings. The van der Waals surface area contributed by atoms with Gasteiger partial charge in [-0.05, 0) is 128 Å². The number of rotatable bonds is 70. The molecule has 11 aromatic heterocycles. The maximum absolute atomic E-state index is 3.99. The molecule has 14 heteroatoms. The molecule has 0 aromatic carbocycles. The zero-order chi connectivity index (χ0) is 82.5. The van der Waals surface area contributed by atoms with Gasteiger partial charge in [-0.2, -0.15) is 0 Å². The molecule has 0 saturated carbocycles. The Kier molecular flexibility index (Phi) is 57.5. The molecule has 0 aliphatic carbocycles. The maximum atomic E-state index is 3.99. The van der Waals surface area contributed by atoms with Gasteiger partial charge in [0.25, 0.3) is 0 Å². The van der Waals surface area contributed by atoms with Crippen molar-refractivity contribution in [3.05, 3.63) is 82.4 Å². The average molecular weight is 2060 g/mol. The first-order valence-corrected chi connectivity index (χ1v) is 63.6. The van der Waals surface area contributed by atoms with E-state index in [1.807, 2.05) is 56.7 Å². The number of halogens is 2. The van der Waals surface area contributed by atoms with Gasteiger partial charge in [0.05, 0.1) is 64.0 Å². The van der Waals surface area contributed by atoms with Crippen LogP contribution in [0, 0.1) is 0 Å². The zero-order valence-corrected chi connectivity index (χ0v) is 89.8. The summed E-state index contributed by atoms with van der Waals surface area (Å²) in [7, 11) is 0. The first-order chi connectivity index (χ1) is 58.4. The van der Waals surface area contributed by atoms with Crippen molar-refractivity contribution in [1.82, 2.24) is 0 Å². The Morgan fingerprint density at radius 3 is 0.664 bits per heavy atom. The predicted molar refractivity (Wildman–Crippen MR) is 574 cm³/mol. The number of aryl methyl sites for hydroxylation is 4. The number of thiophene rings is 11. The van der Waals surface area contributed by atoms with Gasteiger partial charge >= 0.3 is 77.1 Å². The Morgan fingerprint density at radius 2 is 0.429 bits per heavy atom. The molecule has 0 aliphatic rings. The fourth-order valence-electron chi connectivity index (χ4n) is 17.5. The number of fused-ring (bicyclic) bond motifs is 10. The monoisotopic (exact) mass is 2050 g/mol. The third kappa shape index (κ3) is 37.4. The standard InChI is InChI=1S/C52H76S6.C44H70Br2S4.C4H3S.C4H9.CH4.Sn/c1-3-5-7-9-11-13-15-17-19-21-23-25-27-29-31-35-41-45(43-37-33-39-53-43)55-49-47(41)57-52-50-48(58-51(49)52)42(46(56-50)44-38-34-40-54-44)36-32-30-28-26-24-22-20-18-16-14-12-10-8-6-4-2;1-3-5-7-9-11-13-15-17-19-21-23-25-27-29-31-33-35-37-39(49-43(35)45)41-42(47-37)40-38(48-41)36(44(46)50-40)34-32-30-28-26-24-22-20-18-16-14-12-10-8-6-4-2;1-2-4-5-3-1;1-3-4-2;;/h33-34,37-40H,3-32,35-36H2,1-2H3;3-34H2,1-2H3;1-3H;1,3-4H2,2H3;1H4;. The Morgan fingerprint density at radius 1 is 0.218 bits per heavy atom. The third-order valence-electron chi connectivity index (χ3n) is 24.8. The normalized spacial score (nSPS) is 11.9. The Balaban J connectivity index is 0.000000265. The number of hydrogen-bond donors (Lipinski definition) is 0. The van der Waals surface area contributed by atoms with E-state index in [2.05, 4.69) is 187 Å². The van der Waals surface area contributed by atoms with Gasteiger partial charge in [0.1, 0.15) is 0 Å². The molecule has 0 nitrogen and oxygen atoms in total. The van der Waals surface area contributed by atoms with Crippen molar-refractivity contribution in [3.8, 4) is 19.5 Å². The van der Waals surface area contributed by atoms with Crippen LogP contribution in [0.5, 0.6) is 0 Å². The summed E-state index contributed by atoms with van der Waals surface area (Å²) >= 11 is 30.3. The summed E-state index contributed by atoms with van der Waals surface area (Å²) in [4.78, 5) is 6.09. The quantitative estimate of drug-likeness (QED) is 0.0263. The van der Waals surface area contributed by atoms with E-state index in [0.717, 1.165) is 0 Å². The van der Waals surface area contributed by atoms with Gasteiger partial charge in [0.2, 0.25) is 0 Å². The molecule has 11 heterocycles. The van der Waals surface area contributed by atoms with Crippen molar-refractivity contribution in [2.75, 3.05) is 0 Å². The van der Waals surface area contributed by atoms with Crippen LogP contribution >= 0.6 is 157 Å². The van der Waals surface area contributed by atoms with Crippen LogP contribution in [0.4, 0.5) is 0 Å². The minimum absolute atomic E-state index is 0. The van der Waals surface area contributed by atoms with Crippen LogP contribution in [0.25, 0.3) is 75.9 Å². The minimum atomic E-state index is -0.118. The average Bonchev–Trinajstić information content (AvgIpc) is 1.56. The number of unbranched alkanes of at least 4 members (excludes halogenated alkanes) is 57. The summed E-state index contributed by atoms with van der Waals surface area (Å²) in [5.74, 6) is 0. The molecule has 0 unspecified atom stereocenters. The van der Waals surface area contributed by atoms with Gasteiger partial charge in [-0.1, -0.05) is 407 Å². The van der Waals surface area contributed by atoms with E-state index < -0.39 is 0 Å². The van der Waals surface area contributed by atoms with Gasteiger partial charge in [0, 0.05) is 19.5 Å². The van der Waals surface area contributed by atoms with Crippen molar-refractivity contribution in [2.45, 2.75) is 470 Å². The number of hydrogen-bond acceptors (Lipinski definition) is 11. The summed E-state index contributed by atoms with van der Waals surface area (Å²) in [6, 6.07) is 13.7. The summed E-state index contributed by atoms with van der Waals surface area (Å²) < 4.78 is 24.9. The van der Waals surface area contributed by atoms with Crippen LogP contribution in [-0.4, -0.2) is 21.1 Å². The molecule has 2 radical (unpaired) electrons. The second-order valence-corrected chi connectivity index (χ2v) is 53.5. The van der Waals surface area contributed by atoms with Gasteiger partial charge in [0.15, 0.2) is 0 Å². The third-order valence-corrected chi connectivity index (χ3v) is 45.6. The summed E-state index contributed by atoms with van der Waals surface area (Å²) in [6.45, 7) is 11.5. The first-order valence-electron chi connectivity index (χ1n) is 49.4. The molecule has 0 N–H and O–H groups in total. The van der Waals surface area contributed by atoms with E-state index in [9.17, 15) is 0 Å². The van der Waals surface area contributed by atoms with E-state index in [-0.39, 0.29) is 28.6 Å². The van der Waals surface area contributed by atoms with Crippen LogP contribution in [0.15, 0.2) is 60.1 Å². The molecule has 0 spiro atoms. The van der Waals surface area contributed by atoms with Crippen molar-refractivity contribution < 1.29 is 0 Å². The van der Waals surface area contributed by atoms with Crippen molar-refractivity contribution >= 4 is 237 Å². The van der Waals surface area contributed by atoms with Gasteiger partial charge in [-0.3, -0.25) is 0 Å². The molecule has 0 fully saturated rings. The molecule has 666 valence electrons. The molecule has 0 bridgehead atoms. The van der Waals surface area contributed by atoms with E-state index in [1.54, 1.807) is 91.3 Å². The van der Waals surface area contributed by atoms with Crippen molar-refractivity contribution in [1.29, 1.82) is 0 Å². The summed E-state index contributed by atoms with van der Waals surface area (Å²) in [5.41, 5.74) is 6.50.